The third-order valence-electron chi connectivity index (χ3n) is 3.33. The van der Waals surface area contributed by atoms with Crippen molar-refractivity contribution in [1.29, 1.82) is 0 Å². The molecule has 1 aromatic heterocycles. The van der Waals surface area contributed by atoms with E-state index >= 15 is 0 Å². The number of hydrogen-bond acceptors (Lipinski definition) is 6. The van der Waals surface area contributed by atoms with Crippen molar-refractivity contribution < 1.29 is 9.34 Å². The number of non-ortho nitro benzene ring substituents is 1. The predicted octanol–water partition coefficient (Wildman–Crippen LogP) is 5.15. The summed E-state index contributed by atoms with van der Waals surface area (Å²) in [5.41, 5.74) is 1.46. The van der Waals surface area contributed by atoms with E-state index in [1.807, 2.05) is 31.2 Å². The van der Waals surface area contributed by atoms with Gasteiger partial charge in [0.25, 0.3) is 10.9 Å². The molecule has 0 amide bonds. The van der Waals surface area contributed by atoms with Crippen LogP contribution in [-0.2, 0) is 0 Å². The molecule has 0 saturated carbocycles. The highest BCUT2D eigenvalue weighted by molar-refractivity contribution is 7.99. The van der Waals surface area contributed by atoms with Crippen LogP contribution >= 0.6 is 23.4 Å². The van der Waals surface area contributed by atoms with Gasteiger partial charge in [-0.2, -0.15) is 0 Å². The quantitative estimate of drug-likeness (QED) is 0.355. The smallest absolute Gasteiger partial charge is 0.277 e. The average molecular weight is 362 g/mol. The van der Waals surface area contributed by atoms with Crippen molar-refractivity contribution in [3.8, 4) is 11.5 Å². The molecular formula is C16H12ClN3O3S. The minimum Gasteiger partial charge on any atom is -0.411 e. The van der Waals surface area contributed by atoms with E-state index in [9.17, 15) is 10.1 Å². The van der Waals surface area contributed by atoms with Gasteiger partial charge in [0.05, 0.1) is 4.92 Å². The molecule has 0 N–H and O–H groups in total. The maximum atomic E-state index is 10.8. The van der Waals surface area contributed by atoms with Crippen LogP contribution < -0.4 is 0 Å². The minimum atomic E-state index is -0.463. The highest BCUT2D eigenvalue weighted by Crippen LogP contribution is 2.38. The molecule has 122 valence electrons. The second-order valence-electron chi connectivity index (χ2n) is 4.96. The lowest BCUT2D eigenvalue weighted by Crippen LogP contribution is -1.89. The summed E-state index contributed by atoms with van der Waals surface area (Å²) in [4.78, 5) is 10.4. The molecule has 0 fully saturated rings. The normalized spacial score (nSPS) is 12.1. The number of nitro groups is 1. The van der Waals surface area contributed by atoms with Gasteiger partial charge in [0, 0.05) is 28.0 Å². The van der Waals surface area contributed by atoms with E-state index < -0.39 is 4.92 Å². The molecular weight excluding hydrogens is 350 g/mol. The molecule has 0 aliphatic rings. The number of hydrogen-bond donors (Lipinski definition) is 0. The molecule has 0 radical (unpaired) electrons. The zero-order valence-corrected chi connectivity index (χ0v) is 14.1. The Morgan fingerprint density at radius 1 is 1.21 bits per heavy atom. The van der Waals surface area contributed by atoms with E-state index in [1.54, 1.807) is 12.1 Å². The summed E-state index contributed by atoms with van der Waals surface area (Å²) in [6, 6.07) is 13.6. The van der Waals surface area contributed by atoms with Gasteiger partial charge in [-0.15, -0.1) is 10.2 Å². The van der Waals surface area contributed by atoms with Gasteiger partial charge in [-0.1, -0.05) is 47.6 Å². The molecule has 0 bridgehead atoms. The van der Waals surface area contributed by atoms with Crippen LogP contribution in [0, 0.1) is 10.1 Å². The Hall–Kier alpha value is -2.38. The highest BCUT2D eigenvalue weighted by Gasteiger charge is 2.17. The lowest BCUT2D eigenvalue weighted by Gasteiger charge is -2.10. The van der Waals surface area contributed by atoms with Gasteiger partial charge in [-0.3, -0.25) is 10.1 Å². The molecule has 3 aromatic rings. The molecule has 1 heterocycles. The van der Waals surface area contributed by atoms with Gasteiger partial charge >= 0.3 is 0 Å². The maximum absolute atomic E-state index is 10.8. The van der Waals surface area contributed by atoms with Crippen LogP contribution in [0.5, 0.6) is 0 Å². The first-order chi connectivity index (χ1) is 11.5. The molecule has 1 atom stereocenters. The number of halogens is 1. The zero-order chi connectivity index (χ0) is 17.1. The van der Waals surface area contributed by atoms with Gasteiger partial charge < -0.3 is 4.42 Å². The van der Waals surface area contributed by atoms with Crippen molar-refractivity contribution in [2.24, 2.45) is 0 Å². The summed E-state index contributed by atoms with van der Waals surface area (Å²) >= 11 is 7.57. The topological polar surface area (TPSA) is 82.1 Å². The van der Waals surface area contributed by atoms with E-state index in [0.29, 0.717) is 15.8 Å². The van der Waals surface area contributed by atoms with E-state index in [2.05, 4.69) is 10.2 Å². The lowest BCUT2D eigenvalue weighted by atomic mass is 10.2. The molecule has 0 aliphatic carbocycles. The maximum Gasteiger partial charge on any atom is 0.277 e. The average Bonchev–Trinajstić information content (AvgIpc) is 3.04. The molecule has 2 aromatic carbocycles. The van der Waals surface area contributed by atoms with E-state index in [4.69, 9.17) is 16.0 Å². The molecule has 0 unspecified atom stereocenters. The Balaban J connectivity index is 1.80. The molecule has 6 nitrogen and oxygen atoms in total. The second kappa shape index (κ2) is 7.02. The summed E-state index contributed by atoms with van der Waals surface area (Å²) in [6.07, 6.45) is 0. The summed E-state index contributed by atoms with van der Waals surface area (Å²) in [7, 11) is 0. The van der Waals surface area contributed by atoms with Crippen molar-refractivity contribution >= 4 is 29.1 Å². The number of rotatable bonds is 5. The number of aromatic nitrogens is 2. The fourth-order valence-electron chi connectivity index (χ4n) is 2.15. The fourth-order valence-corrected chi connectivity index (χ4v) is 3.36. The minimum absolute atomic E-state index is 0.0238. The van der Waals surface area contributed by atoms with Crippen molar-refractivity contribution in [3.05, 3.63) is 69.2 Å². The fraction of sp³-hybridized carbons (Fsp3) is 0.125. The number of nitrogens with zero attached hydrogens (tertiary/aromatic N) is 3. The van der Waals surface area contributed by atoms with Gasteiger partial charge in [0.1, 0.15) is 0 Å². The van der Waals surface area contributed by atoms with Gasteiger partial charge in [0.2, 0.25) is 5.89 Å². The first kappa shape index (κ1) is 16.5. The number of thioether (sulfide) groups is 1. The third kappa shape index (κ3) is 3.58. The van der Waals surface area contributed by atoms with Gasteiger partial charge in [-0.05, 0) is 24.6 Å². The molecule has 8 heteroatoms. The zero-order valence-electron chi connectivity index (χ0n) is 12.5. The molecule has 0 aliphatic heterocycles. The Labute approximate surface area is 147 Å². The van der Waals surface area contributed by atoms with Crippen LogP contribution in [0.1, 0.15) is 17.7 Å². The van der Waals surface area contributed by atoms with E-state index in [0.717, 1.165) is 5.56 Å². The van der Waals surface area contributed by atoms with Crippen molar-refractivity contribution in [2.75, 3.05) is 0 Å². The molecule has 0 saturated heterocycles. The van der Waals surface area contributed by atoms with Crippen molar-refractivity contribution in [1.82, 2.24) is 10.2 Å². The highest BCUT2D eigenvalue weighted by atomic mass is 35.5. The van der Waals surface area contributed by atoms with Crippen LogP contribution in [0.2, 0.25) is 5.02 Å². The van der Waals surface area contributed by atoms with E-state index in [-0.39, 0.29) is 16.8 Å². The van der Waals surface area contributed by atoms with Crippen LogP contribution in [0.3, 0.4) is 0 Å². The van der Waals surface area contributed by atoms with Gasteiger partial charge in [-0.25, -0.2) is 0 Å². The number of benzene rings is 2. The Morgan fingerprint density at radius 2 is 2.00 bits per heavy atom. The monoisotopic (exact) mass is 361 g/mol. The Morgan fingerprint density at radius 3 is 2.75 bits per heavy atom. The first-order valence-corrected chi connectivity index (χ1v) is 8.30. The second-order valence-corrected chi connectivity index (χ2v) is 6.66. The molecule has 3 rings (SSSR count). The van der Waals surface area contributed by atoms with Crippen molar-refractivity contribution in [3.63, 3.8) is 0 Å². The molecule has 24 heavy (non-hydrogen) atoms. The van der Waals surface area contributed by atoms with Crippen LogP contribution in [0.4, 0.5) is 5.69 Å². The van der Waals surface area contributed by atoms with Gasteiger partial charge in [0.15, 0.2) is 0 Å². The summed E-state index contributed by atoms with van der Waals surface area (Å²) in [6.45, 7) is 1.99. The Kier molecular flexibility index (Phi) is 4.82. The molecule has 0 spiro atoms. The largest absolute Gasteiger partial charge is 0.411 e. The van der Waals surface area contributed by atoms with Crippen LogP contribution in [-0.4, -0.2) is 15.1 Å². The van der Waals surface area contributed by atoms with Crippen LogP contribution in [0.25, 0.3) is 11.5 Å². The summed E-state index contributed by atoms with van der Waals surface area (Å²) < 4.78 is 5.61. The van der Waals surface area contributed by atoms with Crippen molar-refractivity contribution in [2.45, 2.75) is 17.4 Å². The number of nitro benzene ring substituents is 1. The van der Waals surface area contributed by atoms with E-state index in [1.165, 1.54) is 23.9 Å². The Bertz CT molecular complexity index is 884. The first-order valence-electron chi connectivity index (χ1n) is 7.04. The summed E-state index contributed by atoms with van der Waals surface area (Å²) in [5.74, 6) is 0.243. The lowest BCUT2D eigenvalue weighted by molar-refractivity contribution is -0.384. The predicted molar refractivity (Wildman–Crippen MR) is 92.1 cm³/mol. The van der Waals surface area contributed by atoms with Crippen LogP contribution in [0.15, 0.2) is 58.2 Å². The third-order valence-corrected chi connectivity index (χ3v) is 4.65. The summed E-state index contributed by atoms with van der Waals surface area (Å²) in [5, 5.41) is 19.9. The SMILES string of the molecule is C[C@H](Sc1nnc(-c2cccc([N+](=O)[O-])c2)o1)c1ccccc1Cl. The standard InChI is InChI=1S/C16H12ClN3O3S/c1-10(13-7-2-3-8-14(13)17)24-16-19-18-15(23-16)11-5-4-6-12(9-11)20(21)22/h2-10H,1H3/t10-/m0/s1.